The number of aliphatic hydroxyl groups is 1. The zero-order valence-electron chi connectivity index (χ0n) is 12.3. The molecule has 18 heavy (non-hydrogen) atoms. The number of benzene rings is 1. The van der Waals surface area contributed by atoms with Gasteiger partial charge in [0.05, 0.1) is 6.10 Å². The van der Waals surface area contributed by atoms with E-state index in [1.165, 1.54) is 5.56 Å². The Hall–Kier alpha value is -0.860. The van der Waals surface area contributed by atoms with Gasteiger partial charge in [-0.2, -0.15) is 0 Å². The van der Waals surface area contributed by atoms with Gasteiger partial charge in [-0.15, -0.1) is 0 Å². The van der Waals surface area contributed by atoms with Crippen molar-refractivity contribution in [3.8, 4) is 0 Å². The largest absolute Gasteiger partial charge is 0.388 e. The molecule has 2 atom stereocenters. The molecule has 0 amide bonds. The first kappa shape index (κ1) is 15.2. The highest BCUT2D eigenvalue weighted by atomic mass is 16.3. The van der Waals surface area contributed by atoms with Crippen molar-refractivity contribution in [3.05, 3.63) is 35.4 Å². The van der Waals surface area contributed by atoms with Crippen LogP contribution in [-0.2, 0) is 5.41 Å². The Bertz CT molecular complexity index is 371. The highest BCUT2D eigenvalue weighted by molar-refractivity contribution is 5.29. The van der Waals surface area contributed by atoms with E-state index < -0.39 is 6.10 Å². The van der Waals surface area contributed by atoms with E-state index in [2.05, 4.69) is 39.8 Å². The highest BCUT2D eigenvalue weighted by Crippen LogP contribution is 2.36. The molecule has 102 valence electrons. The molecule has 1 aromatic rings. The van der Waals surface area contributed by atoms with E-state index in [4.69, 9.17) is 5.73 Å². The highest BCUT2D eigenvalue weighted by Gasteiger charge is 2.31. The van der Waals surface area contributed by atoms with Crippen LogP contribution in [-0.4, -0.2) is 11.7 Å². The van der Waals surface area contributed by atoms with Gasteiger partial charge in [-0.1, -0.05) is 58.9 Å². The van der Waals surface area contributed by atoms with Crippen molar-refractivity contribution >= 4 is 0 Å². The fourth-order valence-corrected chi connectivity index (χ4v) is 2.02. The van der Waals surface area contributed by atoms with Crippen LogP contribution in [0.25, 0.3) is 0 Å². The maximum absolute atomic E-state index is 10.5. The summed E-state index contributed by atoms with van der Waals surface area (Å²) >= 11 is 0. The summed E-state index contributed by atoms with van der Waals surface area (Å²) in [4.78, 5) is 0. The van der Waals surface area contributed by atoms with Gasteiger partial charge in [-0.3, -0.25) is 0 Å². The number of nitrogens with two attached hydrogens (primary N) is 1. The van der Waals surface area contributed by atoms with E-state index >= 15 is 0 Å². The second-order valence-electron chi connectivity index (χ2n) is 6.49. The van der Waals surface area contributed by atoms with Crippen LogP contribution in [0.15, 0.2) is 24.3 Å². The van der Waals surface area contributed by atoms with Gasteiger partial charge < -0.3 is 10.8 Å². The van der Waals surface area contributed by atoms with Gasteiger partial charge in [-0.05, 0) is 23.0 Å². The van der Waals surface area contributed by atoms with Gasteiger partial charge >= 0.3 is 0 Å². The standard InChI is InChI=1S/C16H27NO/c1-6-16(5,11-17)14(18)12-7-9-13(10-8-12)15(2,3)4/h7-10,14,18H,6,11,17H2,1-5H3. The summed E-state index contributed by atoms with van der Waals surface area (Å²) in [5.41, 5.74) is 7.93. The first-order valence-electron chi connectivity index (χ1n) is 6.73. The Morgan fingerprint density at radius 3 is 1.94 bits per heavy atom. The van der Waals surface area contributed by atoms with Crippen molar-refractivity contribution in [1.82, 2.24) is 0 Å². The molecule has 2 nitrogen and oxygen atoms in total. The van der Waals surface area contributed by atoms with E-state index in [0.717, 1.165) is 12.0 Å². The number of hydrogen-bond acceptors (Lipinski definition) is 2. The van der Waals surface area contributed by atoms with Crippen molar-refractivity contribution < 1.29 is 5.11 Å². The molecule has 2 heteroatoms. The van der Waals surface area contributed by atoms with E-state index in [1.54, 1.807) is 0 Å². The number of aliphatic hydroxyl groups excluding tert-OH is 1. The molecule has 3 N–H and O–H groups in total. The normalized spacial score (nSPS) is 17.3. The minimum Gasteiger partial charge on any atom is -0.388 e. The molecular formula is C16H27NO. The summed E-state index contributed by atoms with van der Waals surface area (Å²) in [7, 11) is 0. The zero-order valence-corrected chi connectivity index (χ0v) is 12.3. The van der Waals surface area contributed by atoms with Gasteiger partial charge in [0.2, 0.25) is 0 Å². The molecule has 1 rings (SSSR count). The van der Waals surface area contributed by atoms with Gasteiger partial charge in [0, 0.05) is 12.0 Å². The minimum absolute atomic E-state index is 0.144. The smallest absolute Gasteiger partial charge is 0.0855 e. The summed E-state index contributed by atoms with van der Waals surface area (Å²) in [6.45, 7) is 11.2. The lowest BCUT2D eigenvalue weighted by molar-refractivity contribution is 0.0391. The zero-order chi connectivity index (χ0) is 14.0. The van der Waals surface area contributed by atoms with E-state index in [1.807, 2.05) is 19.1 Å². The van der Waals surface area contributed by atoms with Crippen LogP contribution in [0.3, 0.4) is 0 Å². The molecule has 0 bridgehead atoms. The molecular weight excluding hydrogens is 222 g/mol. The van der Waals surface area contributed by atoms with Crippen LogP contribution < -0.4 is 5.73 Å². The van der Waals surface area contributed by atoms with Crippen LogP contribution in [0.1, 0.15) is 58.3 Å². The summed E-state index contributed by atoms with van der Waals surface area (Å²) < 4.78 is 0. The Labute approximate surface area is 111 Å². The van der Waals surface area contributed by atoms with Crippen molar-refractivity contribution in [3.63, 3.8) is 0 Å². The van der Waals surface area contributed by atoms with Crippen LogP contribution in [0, 0.1) is 5.41 Å². The molecule has 0 radical (unpaired) electrons. The quantitative estimate of drug-likeness (QED) is 0.859. The van der Waals surface area contributed by atoms with Crippen LogP contribution >= 0.6 is 0 Å². The van der Waals surface area contributed by atoms with Gasteiger partial charge in [0.1, 0.15) is 0 Å². The maximum Gasteiger partial charge on any atom is 0.0855 e. The van der Waals surface area contributed by atoms with Crippen LogP contribution in [0.2, 0.25) is 0 Å². The molecule has 2 unspecified atom stereocenters. The van der Waals surface area contributed by atoms with Gasteiger partial charge in [0.25, 0.3) is 0 Å². The van der Waals surface area contributed by atoms with Crippen molar-refractivity contribution in [2.75, 3.05) is 6.54 Å². The first-order valence-corrected chi connectivity index (χ1v) is 6.73. The Morgan fingerprint density at radius 1 is 1.11 bits per heavy atom. The Kier molecular flexibility index (Phi) is 4.57. The summed E-state index contributed by atoms with van der Waals surface area (Å²) in [5.74, 6) is 0. The first-order chi connectivity index (χ1) is 8.24. The van der Waals surface area contributed by atoms with E-state index in [-0.39, 0.29) is 10.8 Å². The topological polar surface area (TPSA) is 46.2 Å². The molecule has 0 aliphatic heterocycles. The predicted molar refractivity (Wildman–Crippen MR) is 77.6 cm³/mol. The van der Waals surface area contributed by atoms with Crippen LogP contribution in [0.4, 0.5) is 0 Å². The molecule has 0 fully saturated rings. The SMILES string of the molecule is CCC(C)(CN)C(O)c1ccc(C(C)(C)C)cc1. The molecule has 0 saturated heterocycles. The lowest BCUT2D eigenvalue weighted by Crippen LogP contribution is -2.33. The summed E-state index contributed by atoms with van der Waals surface area (Å²) in [6, 6.07) is 8.25. The number of hydrogen-bond donors (Lipinski definition) is 2. The van der Waals surface area contributed by atoms with E-state index in [9.17, 15) is 5.11 Å². The van der Waals surface area contributed by atoms with Gasteiger partial charge in [0.15, 0.2) is 0 Å². The average molecular weight is 249 g/mol. The van der Waals surface area contributed by atoms with E-state index in [0.29, 0.717) is 6.54 Å². The lowest BCUT2D eigenvalue weighted by atomic mass is 9.77. The van der Waals surface area contributed by atoms with Gasteiger partial charge in [-0.25, -0.2) is 0 Å². The predicted octanol–water partition coefficient (Wildman–Crippen LogP) is 3.39. The van der Waals surface area contributed by atoms with Crippen LogP contribution in [0.5, 0.6) is 0 Å². The second-order valence-corrected chi connectivity index (χ2v) is 6.49. The summed E-state index contributed by atoms with van der Waals surface area (Å²) in [5, 5.41) is 10.5. The molecule has 0 heterocycles. The monoisotopic (exact) mass is 249 g/mol. The third-order valence-electron chi connectivity index (χ3n) is 4.03. The average Bonchev–Trinajstić information content (AvgIpc) is 2.36. The minimum atomic E-state index is -0.499. The summed E-state index contributed by atoms with van der Waals surface area (Å²) in [6.07, 6.45) is 0.368. The van der Waals surface area contributed by atoms with Crippen molar-refractivity contribution in [2.24, 2.45) is 11.1 Å². The Balaban J connectivity index is 2.99. The molecule has 1 aromatic carbocycles. The number of rotatable bonds is 4. The molecule has 0 spiro atoms. The van der Waals surface area contributed by atoms with Crippen molar-refractivity contribution in [1.29, 1.82) is 0 Å². The Morgan fingerprint density at radius 2 is 1.61 bits per heavy atom. The molecule has 0 aliphatic carbocycles. The third kappa shape index (κ3) is 3.12. The molecule has 0 saturated carbocycles. The third-order valence-corrected chi connectivity index (χ3v) is 4.03. The fraction of sp³-hybridized carbons (Fsp3) is 0.625. The second kappa shape index (κ2) is 5.41. The fourth-order valence-electron chi connectivity index (χ4n) is 2.02. The maximum atomic E-state index is 10.5. The van der Waals surface area contributed by atoms with Crippen molar-refractivity contribution in [2.45, 2.75) is 52.6 Å². The molecule has 0 aliphatic rings. The molecule has 0 aromatic heterocycles. The lowest BCUT2D eigenvalue weighted by Gasteiger charge is -2.32.